The Hall–Kier alpha value is -4.28. The number of carbonyl (C=O) groups is 2. The third kappa shape index (κ3) is 10.1. The molecule has 1 aliphatic heterocycles. The van der Waals surface area contributed by atoms with Gasteiger partial charge in [-0.25, -0.2) is 0 Å². The summed E-state index contributed by atoms with van der Waals surface area (Å²) in [5, 5.41) is 9.08. The average Bonchev–Trinajstić information content (AvgIpc) is 3.29. The molecule has 0 bridgehead atoms. The fourth-order valence-corrected chi connectivity index (χ4v) is 6.09. The number of likely N-dealkylation sites (N-methyl/N-ethyl adjacent to an activating group) is 1. The van der Waals surface area contributed by atoms with E-state index in [0.29, 0.717) is 42.2 Å². The quantitative estimate of drug-likeness (QED) is 0.0776. The number of nitrogens with zero attached hydrogens (tertiary/aromatic N) is 2. The maximum atomic E-state index is 13.6. The Morgan fingerprint density at radius 1 is 0.900 bits per heavy atom. The van der Waals surface area contributed by atoms with Crippen LogP contribution in [0.25, 0.3) is 17.2 Å². The average molecular weight is 743 g/mol. The lowest BCUT2D eigenvalue weighted by atomic mass is 9.97. The van der Waals surface area contributed by atoms with Gasteiger partial charge in [0.1, 0.15) is 16.7 Å². The van der Waals surface area contributed by atoms with Crippen molar-refractivity contribution in [1.29, 1.82) is 0 Å². The largest absolute Gasteiger partial charge is 0.493 e. The summed E-state index contributed by atoms with van der Waals surface area (Å²) in [5.41, 5.74) is -2.41. The number of carboxylic acids is 1. The normalized spacial score (nSPS) is 14.5. The van der Waals surface area contributed by atoms with Crippen molar-refractivity contribution in [1.82, 2.24) is 9.80 Å². The number of alkyl halides is 6. The van der Waals surface area contributed by atoms with Crippen molar-refractivity contribution in [3.8, 4) is 28.4 Å². The summed E-state index contributed by atoms with van der Waals surface area (Å²) in [7, 11) is 5.09. The molecule has 268 valence electrons. The number of ether oxygens (including phenoxy) is 3. The number of carboxylic acid groups (broad SMARTS) is 1. The summed E-state index contributed by atoms with van der Waals surface area (Å²) >= 11 is 6.43. The minimum Gasteiger partial charge on any atom is -0.493 e. The molecule has 1 aliphatic rings. The molecular formula is C34H32F6N2O6S2. The zero-order valence-corrected chi connectivity index (χ0v) is 28.6. The van der Waals surface area contributed by atoms with E-state index in [-0.39, 0.29) is 63.9 Å². The number of halogens is 6. The lowest BCUT2D eigenvalue weighted by Crippen LogP contribution is -2.30. The van der Waals surface area contributed by atoms with Crippen molar-refractivity contribution in [2.24, 2.45) is 0 Å². The third-order valence-corrected chi connectivity index (χ3v) is 8.63. The van der Waals surface area contributed by atoms with E-state index < -0.39 is 35.4 Å². The Morgan fingerprint density at radius 3 is 2.14 bits per heavy atom. The molecule has 0 aromatic heterocycles. The molecular weight excluding hydrogens is 711 g/mol. The first kappa shape index (κ1) is 38.5. The Kier molecular flexibility index (Phi) is 12.5. The number of amides is 1. The van der Waals surface area contributed by atoms with Crippen LogP contribution < -0.4 is 14.2 Å². The lowest BCUT2D eigenvalue weighted by molar-refractivity contribution is -0.143. The van der Waals surface area contributed by atoms with E-state index in [1.807, 2.05) is 19.0 Å². The summed E-state index contributed by atoms with van der Waals surface area (Å²) in [5.74, 6) is -0.464. The molecule has 50 heavy (non-hydrogen) atoms. The number of thiocarbonyl (C=S) groups is 1. The molecule has 3 aromatic carbocycles. The van der Waals surface area contributed by atoms with Crippen LogP contribution in [0.15, 0.2) is 59.5 Å². The molecule has 1 fully saturated rings. The van der Waals surface area contributed by atoms with Crippen molar-refractivity contribution in [3.05, 3.63) is 81.8 Å². The van der Waals surface area contributed by atoms with Crippen LogP contribution in [-0.4, -0.2) is 78.6 Å². The van der Waals surface area contributed by atoms with Gasteiger partial charge in [0.25, 0.3) is 5.91 Å². The van der Waals surface area contributed by atoms with Gasteiger partial charge in [-0.15, -0.1) is 0 Å². The van der Waals surface area contributed by atoms with Crippen LogP contribution in [-0.2, 0) is 28.4 Å². The number of hydrogen-bond donors (Lipinski definition) is 1. The molecule has 0 radical (unpaired) electrons. The van der Waals surface area contributed by atoms with Gasteiger partial charge in [-0.2, -0.15) is 26.3 Å². The molecule has 0 aliphatic carbocycles. The molecule has 1 N–H and O–H groups in total. The maximum Gasteiger partial charge on any atom is 0.416 e. The van der Waals surface area contributed by atoms with E-state index in [0.717, 1.165) is 11.8 Å². The molecule has 0 spiro atoms. The first-order valence-corrected chi connectivity index (χ1v) is 16.2. The molecule has 16 heteroatoms. The second-order valence-electron chi connectivity index (χ2n) is 11.3. The maximum absolute atomic E-state index is 13.6. The van der Waals surface area contributed by atoms with Crippen LogP contribution in [0.2, 0.25) is 0 Å². The molecule has 0 unspecified atom stereocenters. The molecule has 3 aromatic rings. The van der Waals surface area contributed by atoms with Gasteiger partial charge in [0, 0.05) is 18.7 Å². The second kappa shape index (κ2) is 16.2. The van der Waals surface area contributed by atoms with E-state index in [9.17, 15) is 35.9 Å². The standard InChI is InChI=1S/C34H32F6N2O6S2/c1-41(2)10-12-48-26-8-6-21(22-16-24(33(35,36)37)19-25(17-22)34(38,39)40)15-23(26)18-29-31(45)42(32(49)50-29)9-4-11-47-28-13-20(14-30(43)44)5-7-27(28)46-3/h5-8,13,15-19H,4,9-12,14H2,1-3H3,(H,43,44)/b29-18-. The first-order valence-electron chi connectivity index (χ1n) is 14.9. The highest BCUT2D eigenvalue weighted by Gasteiger charge is 2.37. The smallest absolute Gasteiger partial charge is 0.416 e. The molecule has 0 saturated carbocycles. The van der Waals surface area contributed by atoms with Gasteiger partial charge in [0.05, 0.1) is 36.2 Å². The molecule has 0 atom stereocenters. The van der Waals surface area contributed by atoms with Gasteiger partial charge >= 0.3 is 18.3 Å². The Labute approximate surface area is 293 Å². The fraction of sp³-hybridized carbons (Fsp3) is 0.324. The van der Waals surface area contributed by atoms with Gasteiger partial charge in [-0.1, -0.05) is 36.1 Å². The first-order chi connectivity index (χ1) is 23.5. The van der Waals surface area contributed by atoms with Crippen LogP contribution in [0.1, 0.15) is 28.7 Å². The van der Waals surface area contributed by atoms with E-state index in [2.05, 4.69) is 0 Å². The van der Waals surface area contributed by atoms with Crippen molar-refractivity contribution in [3.63, 3.8) is 0 Å². The number of aliphatic carboxylic acids is 1. The number of rotatable bonds is 14. The molecule has 1 heterocycles. The number of benzene rings is 3. The highest BCUT2D eigenvalue weighted by atomic mass is 32.2. The van der Waals surface area contributed by atoms with Crippen molar-refractivity contribution in [2.75, 3.05) is 47.5 Å². The number of carbonyl (C=O) groups excluding carboxylic acids is 1. The predicted octanol–water partition coefficient (Wildman–Crippen LogP) is 7.64. The summed E-state index contributed by atoms with van der Waals surface area (Å²) in [6.45, 7) is 1.01. The zero-order valence-electron chi connectivity index (χ0n) is 27.0. The van der Waals surface area contributed by atoms with Crippen LogP contribution >= 0.6 is 24.0 Å². The van der Waals surface area contributed by atoms with E-state index in [4.69, 9.17) is 31.5 Å². The van der Waals surface area contributed by atoms with E-state index >= 15 is 0 Å². The number of methoxy groups -OCH3 is 1. The van der Waals surface area contributed by atoms with Gasteiger partial charge in [0.15, 0.2) is 11.5 Å². The Balaban J connectivity index is 1.58. The minimum absolute atomic E-state index is 0.0447. The van der Waals surface area contributed by atoms with E-state index in [1.165, 1.54) is 36.3 Å². The second-order valence-corrected chi connectivity index (χ2v) is 13.0. The van der Waals surface area contributed by atoms with E-state index in [1.54, 1.807) is 18.2 Å². The number of hydrogen-bond acceptors (Lipinski definition) is 8. The molecule has 8 nitrogen and oxygen atoms in total. The van der Waals surface area contributed by atoms with Crippen LogP contribution in [0.3, 0.4) is 0 Å². The fourth-order valence-electron chi connectivity index (χ4n) is 4.79. The summed E-state index contributed by atoms with van der Waals surface area (Å²) in [4.78, 5) is 27.9. The summed E-state index contributed by atoms with van der Waals surface area (Å²) in [6, 6.07) is 10.3. The molecule has 1 saturated heterocycles. The highest BCUT2D eigenvalue weighted by molar-refractivity contribution is 8.26. The molecule has 4 rings (SSSR count). The number of thioether (sulfide) groups is 1. The van der Waals surface area contributed by atoms with Gasteiger partial charge in [0.2, 0.25) is 0 Å². The zero-order chi connectivity index (χ0) is 36.8. The topological polar surface area (TPSA) is 88.5 Å². The van der Waals surface area contributed by atoms with Crippen LogP contribution in [0.5, 0.6) is 17.2 Å². The summed E-state index contributed by atoms with van der Waals surface area (Å²) < 4.78 is 98.7. The van der Waals surface area contributed by atoms with Gasteiger partial charge in [-0.05, 0) is 85.7 Å². The van der Waals surface area contributed by atoms with Crippen molar-refractivity contribution in [2.45, 2.75) is 25.2 Å². The predicted molar refractivity (Wildman–Crippen MR) is 180 cm³/mol. The van der Waals surface area contributed by atoms with Crippen LogP contribution in [0, 0.1) is 0 Å². The Bertz CT molecular complexity index is 1750. The third-order valence-electron chi connectivity index (χ3n) is 7.25. The van der Waals surface area contributed by atoms with Crippen molar-refractivity contribution >= 4 is 46.3 Å². The minimum atomic E-state index is -5.02. The van der Waals surface area contributed by atoms with Crippen LogP contribution in [0.4, 0.5) is 26.3 Å². The molecule has 1 amide bonds. The SMILES string of the molecule is COc1ccc(CC(=O)O)cc1OCCCN1C(=O)/C(=C/c2cc(-c3cc(C(F)(F)F)cc(C(F)(F)F)c3)ccc2OCCN(C)C)SC1=S. The summed E-state index contributed by atoms with van der Waals surface area (Å²) in [6.07, 6.45) is -8.48. The van der Waals surface area contributed by atoms with Gasteiger partial charge in [-0.3, -0.25) is 14.5 Å². The lowest BCUT2D eigenvalue weighted by Gasteiger charge is -2.17. The van der Waals surface area contributed by atoms with Gasteiger partial charge < -0.3 is 24.2 Å². The monoisotopic (exact) mass is 742 g/mol. The highest BCUT2D eigenvalue weighted by Crippen LogP contribution is 2.40. The van der Waals surface area contributed by atoms with Crippen molar-refractivity contribution < 1.29 is 55.2 Å². The Morgan fingerprint density at radius 2 is 1.54 bits per heavy atom.